The number of halogens is 1. The molecule has 82 valence electrons. The minimum Gasteiger partial charge on any atom is -0.465 e. The van der Waals surface area contributed by atoms with E-state index in [4.69, 9.17) is 17.1 Å². The number of hydrogen-bond donors (Lipinski definition) is 0. The highest BCUT2D eigenvalue weighted by molar-refractivity contribution is 6.36. The van der Waals surface area contributed by atoms with Crippen molar-refractivity contribution in [3.05, 3.63) is 39.9 Å². The number of hydrogen-bond acceptors (Lipinski definition) is 3. The normalized spacial score (nSPS) is 9.12. The van der Waals surface area contributed by atoms with Gasteiger partial charge in [-0.25, -0.2) is 4.79 Å². The van der Waals surface area contributed by atoms with Crippen molar-refractivity contribution in [3.8, 4) is 0 Å². The van der Waals surface area contributed by atoms with Crippen LogP contribution in [0.1, 0.15) is 20.7 Å². The van der Waals surface area contributed by atoms with Gasteiger partial charge in [0.15, 0.2) is 0 Å². The third kappa shape index (κ3) is 2.53. The summed E-state index contributed by atoms with van der Waals surface area (Å²) >= 11 is 5.70. The van der Waals surface area contributed by atoms with Gasteiger partial charge in [0.05, 0.1) is 12.7 Å². The number of ether oxygens (including phenoxy) is 1. The molecule has 0 spiro atoms. The van der Waals surface area contributed by atoms with Crippen LogP contribution in [0.2, 0.25) is 5.02 Å². The van der Waals surface area contributed by atoms with E-state index in [1.165, 1.54) is 25.3 Å². The lowest BCUT2D eigenvalue weighted by Crippen LogP contribution is -2.11. The van der Waals surface area contributed by atoms with Gasteiger partial charge in [-0.15, -0.1) is 0 Å². The van der Waals surface area contributed by atoms with Crippen molar-refractivity contribution in [1.29, 1.82) is 0 Å². The fourth-order valence-electron chi connectivity index (χ4n) is 1.13. The van der Waals surface area contributed by atoms with Crippen molar-refractivity contribution in [1.82, 2.24) is 0 Å². The maximum Gasteiger partial charge on any atom is 0.338 e. The molecule has 0 saturated carbocycles. The first-order valence-corrected chi connectivity index (χ1v) is 4.57. The average molecular weight is 239 g/mol. The molecule has 16 heavy (non-hydrogen) atoms. The molecule has 0 bridgehead atoms. The third-order valence-electron chi connectivity index (χ3n) is 1.83. The Labute approximate surface area is 96.2 Å². The number of carbonyl (C=O) groups excluding carboxylic acids is 2. The first-order valence-electron chi connectivity index (χ1n) is 4.19. The van der Waals surface area contributed by atoms with Crippen LogP contribution in [0.15, 0.2) is 18.2 Å². The van der Waals surface area contributed by atoms with Gasteiger partial charge in [-0.3, -0.25) is 4.79 Å². The average Bonchev–Trinajstić information content (AvgIpc) is 2.28. The zero-order valence-corrected chi connectivity index (χ0v) is 9.06. The van der Waals surface area contributed by atoms with Gasteiger partial charge in [-0.1, -0.05) is 11.6 Å². The molecule has 1 rings (SSSR count). The summed E-state index contributed by atoms with van der Waals surface area (Å²) in [6, 6.07) is 4.12. The largest absolute Gasteiger partial charge is 0.465 e. The van der Waals surface area contributed by atoms with Crippen LogP contribution in [0, 0.1) is 0 Å². The Hall–Kier alpha value is -1.97. The number of methoxy groups -OCH3 is 1. The Morgan fingerprint density at radius 2 is 2.12 bits per heavy atom. The number of ketones is 1. The standard InChI is InChI=1S/C10H7ClN2O3/c1-16-10(15)8-4-6(11)2-3-7(8)9(14)5-13-12/h2-5H,1H3. The Kier molecular flexibility index (Phi) is 3.94. The molecule has 0 aliphatic heterocycles. The van der Waals surface area contributed by atoms with E-state index >= 15 is 0 Å². The summed E-state index contributed by atoms with van der Waals surface area (Å²) < 4.78 is 4.50. The van der Waals surface area contributed by atoms with Crippen LogP contribution >= 0.6 is 11.6 Å². The van der Waals surface area contributed by atoms with E-state index in [0.29, 0.717) is 11.2 Å². The highest BCUT2D eigenvalue weighted by Gasteiger charge is 2.18. The van der Waals surface area contributed by atoms with E-state index in [1.807, 2.05) is 0 Å². The molecule has 0 amide bonds. The van der Waals surface area contributed by atoms with E-state index in [0.717, 1.165) is 0 Å². The summed E-state index contributed by atoms with van der Waals surface area (Å²) in [6.07, 6.45) is 0.690. The molecule has 0 unspecified atom stereocenters. The van der Waals surface area contributed by atoms with Crippen LogP contribution in [-0.2, 0) is 4.74 Å². The SMILES string of the molecule is COC(=O)c1cc(Cl)ccc1C(=O)C=[N+]=[N-]. The van der Waals surface area contributed by atoms with Gasteiger partial charge in [0, 0.05) is 10.6 Å². The Bertz CT molecular complexity index is 493. The molecular weight excluding hydrogens is 232 g/mol. The molecule has 0 atom stereocenters. The third-order valence-corrected chi connectivity index (χ3v) is 2.06. The van der Waals surface area contributed by atoms with Gasteiger partial charge in [0.2, 0.25) is 0 Å². The van der Waals surface area contributed by atoms with Gasteiger partial charge in [0.25, 0.3) is 5.78 Å². The first kappa shape index (κ1) is 12.1. The lowest BCUT2D eigenvalue weighted by Gasteiger charge is -2.03. The van der Waals surface area contributed by atoms with E-state index in [-0.39, 0.29) is 11.1 Å². The molecule has 0 radical (unpaired) electrons. The van der Waals surface area contributed by atoms with Crippen molar-refractivity contribution in [2.45, 2.75) is 0 Å². The molecule has 1 aromatic carbocycles. The van der Waals surface area contributed by atoms with Gasteiger partial charge in [0.1, 0.15) is 0 Å². The smallest absolute Gasteiger partial charge is 0.338 e. The molecule has 1 aromatic rings. The summed E-state index contributed by atoms with van der Waals surface area (Å²) in [4.78, 5) is 25.4. The molecule has 0 saturated heterocycles. The first-order chi connectivity index (χ1) is 7.60. The topological polar surface area (TPSA) is 79.8 Å². The van der Waals surface area contributed by atoms with Crippen LogP contribution < -0.4 is 0 Å². The summed E-state index contributed by atoms with van der Waals surface area (Å²) in [5, 5.41) is 0.304. The highest BCUT2D eigenvalue weighted by Crippen LogP contribution is 2.17. The minimum atomic E-state index is -0.683. The second-order valence-electron chi connectivity index (χ2n) is 2.79. The van der Waals surface area contributed by atoms with Gasteiger partial charge in [-0.2, -0.15) is 4.79 Å². The molecule has 0 fully saturated rings. The van der Waals surface area contributed by atoms with Crippen LogP contribution in [0.25, 0.3) is 5.53 Å². The molecule has 0 N–H and O–H groups in total. The van der Waals surface area contributed by atoms with Crippen molar-refractivity contribution >= 4 is 29.6 Å². The molecular formula is C10H7ClN2O3. The maximum absolute atomic E-state index is 11.4. The number of benzene rings is 1. The van der Waals surface area contributed by atoms with E-state index in [9.17, 15) is 9.59 Å². The molecule has 0 heterocycles. The Morgan fingerprint density at radius 1 is 1.44 bits per heavy atom. The summed E-state index contributed by atoms with van der Waals surface area (Å²) in [5.74, 6) is -1.29. The number of esters is 1. The van der Waals surface area contributed by atoms with Gasteiger partial charge < -0.3 is 10.3 Å². The molecule has 0 aromatic heterocycles. The highest BCUT2D eigenvalue weighted by atomic mass is 35.5. The number of rotatable bonds is 3. The summed E-state index contributed by atoms with van der Waals surface area (Å²) in [7, 11) is 1.19. The predicted molar refractivity (Wildman–Crippen MR) is 56.8 cm³/mol. The van der Waals surface area contributed by atoms with Crippen molar-refractivity contribution in [2.24, 2.45) is 0 Å². The molecule has 5 nitrogen and oxygen atoms in total. The fraction of sp³-hybridized carbons (Fsp3) is 0.100. The van der Waals surface area contributed by atoms with Crippen LogP contribution in [0.3, 0.4) is 0 Å². The quantitative estimate of drug-likeness (QED) is 0.264. The summed E-state index contributed by atoms with van der Waals surface area (Å²) in [5.41, 5.74) is 8.34. The molecule has 0 aliphatic carbocycles. The fourth-order valence-corrected chi connectivity index (χ4v) is 1.30. The van der Waals surface area contributed by atoms with Crippen molar-refractivity contribution in [2.75, 3.05) is 7.11 Å². The monoisotopic (exact) mass is 238 g/mol. The van der Waals surface area contributed by atoms with Gasteiger partial charge in [-0.05, 0) is 18.2 Å². The lowest BCUT2D eigenvalue weighted by molar-refractivity contribution is 0.00234. The second-order valence-corrected chi connectivity index (χ2v) is 3.23. The maximum atomic E-state index is 11.4. The van der Waals surface area contributed by atoms with Crippen LogP contribution in [0.5, 0.6) is 0 Å². The van der Waals surface area contributed by atoms with Crippen molar-refractivity contribution < 1.29 is 19.1 Å². The Morgan fingerprint density at radius 3 is 2.69 bits per heavy atom. The lowest BCUT2D eigenvalue weighted by atomic mass is 10.0. The van der Waals surface area contributed by atoms with E-state index in [1.54, 1.807) is 0 Å². The Balaban J connectivity index is 3.33. The molecule has 6 heteroatoms. The zero-order valence-electron chi connectivity index (χ0n) is 8.31. The minimum absolute atomic E-state index is 0.0277. The van der Waals surface area contributed by atoms with E-state index < -0.39 is 11.8 Å². The zero-order chi connectivity index (χ0) is 12.1. The number of nitrogens with zero attached hydrogens (tertiary/aromatic N) is 2. The summed E-state index contributed by atoms with van der Waals surface area (Å²) in [6.45, 7) is 0. The molecule has 0 aliphatic rings. The van der Waals surface area contributed by atoms with Crippen LogP contribution in [0.4, 0.5) is 0 Å². The number of Topliss-reactive ketones (excluding diaryl/α,β-unsaturated/α-hetero) is 1. The predicted octanol–water partition coefficient (Wildman–Crippen LogP) is 1.61. The van der Waals surface area contributed by atoms with Crippen LogP contribution in [-0.4, -0.2) is 29.9 Å². The van der Waals surface area contributed by atoms with Crippen molar-refractivity contribution in [3.63, 3.8) is 0 Å². The number of carbonyl (C=O) groups is 2. The second kappa shape index (κ2) is 5.21. The van der Waals surface area contributed by atoms with E-state index in [2.05, 4.69) is 9.53 Å². The van der Waals surface area contributed by atoms with Gasteiger partial charge >= 0.3 is 12.2 Å².